The fourth-order valence-electron chi connectivity index (χ4n) is 2.47. The number of nitrogens with zero attached hydrogens (tertiary/aromatic N) is 1. The lowest BCUT2D eigenvalue weighted by molar-refractivity contribution is 0.464. The molecule has 0 aliphatic carbocycles. The van der Waals surface area contributed by atoms with Gasteiger partial charge < -0.3 is 5.32 Å². The Kier molecular flexibility index (Phi) is 6.40. The summed E-state index contributed by atoms with van der Waals surface area (Å²) in [6.07, 6.45) is 4.84. The first kappa shape index (κ1) is 16.7. The minimum absolute atomic E-state index is 0.263. The molecule has 1 aromatic carbocycles. The van der Waals surface area contributed by atoms with Crippen LogP contribution < -0.4 is 5.32 Å². The Morgan fingerprint density at radius 1 is 1.14 bits per heavy atom. The van der Waals surface area contributed by atoms with E-state index in [1.165, 1.54) is 11.1 Å². The van der Waals surface area contributed by atoms with E-state index in [1.807, 2.05) is 12.4 Å². The van der Waals surface area contributed by atoms with Crippen LogP contribution in [0.15, 0.2) is 51.7 Å². The lowest BCUT2D eigenvalue weighted by atomic mass is 9.89. The van der Waals surface area contributed by atoms with Crippen molar-refractivity contribution in [3.63, 3.8) is 0 Å². The molecule has 0 saturated heterocycles. The molecule has 2 atom stereocenters. The Hall–Kier alpha value is -0.710. The molecule has 0 bridgehead atoms. The summed E-state index contributed by atoms with van der Waals surface area (Å²) >= 11 is 7.27. The highest BCUT2D eigenvalue weighted by atomic mass is 79.9. The molecule has 0 spiro atoms. The summed E-state index contributed by atoms with van der Waals surface area (Å²) in [5.41, 5.74) is 2.58. The second-order valence-electron chi connectivity index (χ2n) is 5.17. The molecule has 0 fully saturated rings. The summed E-state index contributed by atoms with van der Waals surface area (Å²) in [6.45, 7) is 5.45. The summed E-state index contributed by atoms with van der Waals surface area (Å²) in [6, 6.07) is 10.8. The SMILES string of the molecule is CCCNC(c1cc(Br)ccc1Br)C(C)c1ccncc1. The number of pyridine rings is 1. The van der Waals surface area contributed by atoms with Crippen molar-refractivity contribution in [2.24, 2.45) is 0 Å². The first-order valence-corrected chi connectivity index (χ1v) is 8.80. The van der Waals surface area contributed by atoms with E-state index in [1.54, 1.807) is 0 Å². The molecule has 112 valence electrons. The zero-order valence-electron chi connectivity index (χ0n) is 12.3. The third-order valence-electron chi connectivity index (χ3n) is 3.64. The van der Waals surface area contributed by atoms with Crippen LogP contribution >= 0.6 is 31.9 Å². The number of aromatic nitrogens is 1. The lowest BCUT2D eigenvalue weighted by Gasteiger charge is -2.27. The van der Waals surface area contributed by atoms with Crippen molar-refractivity contribution in [2.75, 3.05) is 6.54 Å². The van der Waals surface area contributed by atoms with Crippen LogP contribution in [0.25, 0.3) is 0 Å². The molecule has 0 saturated carbocycles. The van der Waals surface area contributed by atoms with E-state index < -0.39 is 0 Å². The average molecular weight is 412 g/mol. The Morgan fingerprint density at radius 2 is 1.86 bits per heavy atom. The van der Waals surface area contributed by atoms with Gasteiger partial charge >= 0.3 is 0 Å². The highest BCUT2D eigenvalue weighted by molar-refractivity contribution is 9.11. The van der Waals surface area contributed by atoms with Crippen LogP contribution in [-0.2, 0) is 0 Å². The van der Waals surface area contributed by atoms with Gasteiger partial charge in [-0.05, 0) is 54.4 Å². The Morgan fingerprint density at radius 3 is 2.52 bits per heavy atom. The molecule has 4 heteroatoms. The molecule has 0 aliphatic rings. The molecule has 2 aromatic rings. The summed E-state index contributed by atoms with van der Waals surface area (Å²) in [5, 5.41) is 3.68. The largest absolute Gasteiger partial charge is 0.309 e. The molecule has 2 unspecified atom stereocenters. The monoisotopic (exact) mass is 410 g/mol. The van der Waals surface area contributed by atoms with Gasteiger partial charge in [0.05, 0.1) is 0 Å². The summed E-state index contributed by atoms with van der Waals surface area (Å²) in [7, 11) is 0. The van der Waals surface area contributed by atoms with Crippen molar-refractivity contribution in [1.82, 2.24) is 10.3 Å². The van der Waals surface area contributed by atoms with Crippen molar-refractivity contribution >= 4 is 31.9 Å². The predicted octanol–water partition coefficient (Wildman–Crippen LogP) is 5.45. The molecule has 0 radical (unpaired) electrons. The van der Waals surface area contributed by atoms with Gasteiger partial charge in [-0.1, -0.05) is 45.7 Å². The molecule has 2 rings (SSSR count). The van der Waals surface area contributed by atoms with Gasteiger partial charge in [0.25, 0.3) is 0 Å². The topological polar surface area (TPSA) is 24.9 Å². The molecule has 2 nitrogen and oxygen atoms in total. The molecular formula is C17H20Br2N2. The molecule has 21 heavy (non-hydrogen) atoms. The van der Waals surface area contributed by atoms with Crippen molar-refractivity contribution in [3.8, 4) is 0 Å². The highest BCUT2D eigenvalue weighted by Crippen LogP contribution is 2.35. The molecular weight excluding hydrogens is 392 g/mol. The number of halogens is 2. The van der Waals surface area contributed by atoms with Crippen LogP contribution in [-0.4, -0.2) is 11.5 Å². The minimum Gasteiger partial charge on any atom is -0.309 e. The van der Waals surface area contributed by atoms with E-state index in [-0.39, 0.29) is 6.04 Å². The van der Waals surface area contributed by atoms with Gasteiger partial charge in [0.2, 0.25) is 0 Å². The lowest BCUT2D eigenvalue weighted by Crippen LogP contribution is -2.27. The van der Waals surface area contributed by atoms with Gasteiger partial charge in [0.1, 0.15) is 0 Å². The molecule has 0 amide bonds. The van der Waals surface area contributed by atoms with Crippen LogP contribution in [0.3, 0.4) is 0 Å². The number of hydrogen-bond donors (Lipinski definition) is 1. The number of nitrogens with one attached hydrogen (secondary N) is 1. The molecule has 1 heterocycles. The minimum atomic E-state index is 0.263. The number of hydrogen-bond acceptors (Lipinski definition) is 2. The highest BCUT2D eigenvalue weighted by Gasteiger charge is 2.22. The Labute approximate surface area is 143 Å². The number of benzene rings is 1. The van der Waals surface area contributed by atoms with Crippen LogP contribution in [0, 0.1) is 0 Å². The van der Waals surface area contributed by atoms with E-state index in [2.05, 4.69) is 86.3 Å². The van der Waals surface area contributed by atoms with E-state index >= 15 is 0 Å². The first-order chi connectivity index (χ1) is 10.1. The molecule has 0 aliphatic heterocycles. The van der Waals surface area contributed by atoms with Gasteiger partial charge in [0, 0.05) is 33.3 Å². The Bertz CT molecular complexity index is 572. The maximum atomic E-state index is 4.12. The predicted molar refractivity (Wildman–Crippen MR) is 95.5 cm³/mol. The fourth-order valence-corrected chi connectivity index (χ4v) is 3.34. The normalized spacial score (nSPS) is 13.9. The second kappa shape index (κ2) is 8.06. The van der Waals surface area contributed by atoms with Gasteiger partial charge in [0.15, 0.2) is 0 Å². The smallest absolute Gasteiger partial charge is 0.0398 e. The van der Waals surface area contributed by atoms with Crippen molar-refractivity contribution in [2.45, 2.75) is 32.2 Å². The Balaban J connectivity index is 2.36. The van der Waals surface area contributed by atoms with E-state index in [4.69, 9.17) is 0 Å². The fraction of sp³-hybridized carbons (Fsp3) is 0.353. The van der Waals surface area contributed by atoms with E-state index in [0.717, 1.165) is 21.9 Å². The third-order valence-corrected chi connectivity index (χ3v) is 4.85. The zero-order chi connectivity index (χ0) is 15.2. The van der Waals surface area contributed by atoms with Crippen molar-refractivity contribution < 1.29 is 0 Å². The second-order valence-corrected chi connectivity index (χ2v) is 6.94. The summed E-state index contributed by atoms with van der Waals surface area (Å²) < 4.78 is 2.24. The van der Waals surface area contributed by atoms with Crippen LogP contribution in [0.2, 0.25) is 0 Å². The number of rotatable bonds is 6. The maximum absolute atomic E-state index is 4.12. The molecule has 1 N–H and O–H groups in total. The summed E-state index contributed by atoms with van der Waals surface area (Å²) in [5.74, 6) is 0.366. The average Bonchev–Trinajstić information content (AvgIpc) is 2.51. The standard InChI is InChI=1S/C17H20Br2N2/c1-3-8-21-17(12(2)13-6-9-20-10-7-13)15-11-14(18)4-5-16(15)19/h4-7,9-12,17,21H,3,8H2,1-2H3. The van der Waals surface area contributed by atoms with Crippen molar-refractivity contribution in [1.29, 1.82) is 0 Å². The van der Waals surface area contributed by atoms with E-state index in [9.17, 15) is 0 Å². The first-order valence-electron chi connectivity index (χ1n) is 7.21. The van der Waals surface area contributed by atoms with Gasteiger partial charge in [-0.15, -0.1) is 0 Å². The van der Waals surface area contributed by atoms with Gasteiger partial charge in [-0.3, -0.25) is 4.98 Å². The summed E-state index contributed by atoms with van der Waals surface area (Å²) in [4.78, 5) is 4.12. The van der Waals surface area contributed by atoms with Crippen LogP contribution in [0.1, 0.15) is 43.4 Å². The van der Waals surface area contributed by atoms with Crippen LogP contribution in [0.5, 0.6) is 0 Å². The third kappa shape index (κ3) is 4.38. The van der Waals surface area contributed by atoms with E-state index in [0.29, 0.717) is 5.92 Å². The van der Waals surface area contributed by atoms with Crippen LogP contribution in [0.4, 0.5) is 0 Å². The van der Waals surface area contributed by atoms with Crippen molar-refractivity contribution in [3.05, 3.63) is 62.8 Å². The quantitative estimate of drug-likeness (QED) is 0.683. The van der Waals surface area contributed by atoms with Gasteiger partial charge in [-0.2, -0.15) is 0 Å². The zero-order valence-corrected chi connectivity index (χ0v) is 15.5. The van der Waals surface area contributed by atoms with Gasteiger partial charge in [-0.25, -0.2) is 0 Å². The maximum Gasteiger partial charge on any atom is 0.0398 e. The molecule has 1 aromatic heterocycles.